The molecule has 31 heavy (non-hydrogen) atoms. The summed E-state index contributed by atoms with van der Waals surface area (Å²) >= 11 is 0. The van der Waals surface area contributed by atoms with E-state index in [2.05, 4.69) is 0 Å². The van der Waals surface area contributed by atoms with E-state index < -0.39 is 12.0 Å². The van der Waals surface area contributed by atoms with Gasteiger partial charge in [0.05, 0.1) is 18.2 Å². The van der Waals surface area contributed by atoms with Crippen LogP contribution >= 0.6 is 0 Å². The van der Waals surface area contributed by atoms with Crippen LogP contribution in [-0.2, 0) is 20.9 Å². The Bertz CT molecular complexity index is 1230. The largest absolute Gasteiger partial charge is 0.487 e. The summed E-state index contributed by atoms with van der Waals surface area (Å²) in [6, 6.07) is 21.6. The minimum Gasteiger partial charge on any atom is -0.487 e. The Labute approximate surface area is 180 Å². The van der Waals surface area contributed by atoms with Gasteiger partial charge in [0.15, 0.2) is 0 Å². The summed E-state index contributed by atoms with van der Waals surface area (Å²) in [5, 5.41) is 2.05. The van der Waals surface area contributed by atoms with E-state index in [1.807, 2.05) is 72.8 Å². The van der Waals surface area contributed by atoms with Gasteiger partial charge in [0.25, 0.3) is 0 Å². The second kappa shape index (κ2) is 8.11. The average Bonchev–Trinajstić information content (AvgIpc) is 3.26. The molecule has 5 nitrogen and oxygen atoms in total. The number of aliphatic imine (C=N–C) groups is 1. The van der Waals surface area contributed by atoms with Gasteiger partial charge < -0.3 is 14.2 Å². The number of allylic oxidation sites excluding steroid dienone is 2. The van der Waals surface area contributed by atoms with Crippen molar-refractivity contribution in [3.8, 4) is 5.75 Å². The molecule has 0 radical (unpaired) electrons. The zero-order valence-electron chi connectivity index (χ0n) is 17.0. The van der Waals surface area contributed by atoms with Crippen molar-refractivity contribution < 1.29 is 19.0 Å². The Hall–Kier alpha value is -3.86. The predicted molar refractivity (Wildman–Crippen MR) is 119 cm³/mol. The molecule has 0 aromatic heterocycles. The molecule has 154 valence electrons. The summed E-state index contributed by atoms with van der Waals surface area (Å²) in [4.78, 5) is 16.9. The van der Waals surface area contributed by atoms with E-state index in [0.29, 0.717) is 23.8 Å². The van der Waals surface area contributed by atoms with Crippen molar-refractivity contribution in [2.75, 3.05) is 7.11 Å². The maximum Gasteiger partial charge on any atom is 0.336 e. The molecule has 0 saturated carbocycles. The fraction of sp³-hybridized carbons (Fsp3) is 0.154. The molecule has 1 aliphatic heterocycles. The van der Waals surface area contributed by atoms with E-state index in [9.17, 15) is 4.79 Å². The lowest BCUT2D eigenvalue weighted by Gasteiger charge is -2.18. The van der Waals surface area contributed by atoms with Crippen LogP contribution in [0.4, 0.5) is 0 Å². The van der Waals surface area contributed by atoms with Crippen LogP contribution in [0.15, 0.2) is 95.5 Å². The average molecular weight is 411 g/mol. The summed E-state index contributed by atoms with van der Waals surface area (Å²) < 4.78 is 17.4. The molecule has 0 saturated heterocycles. The number of methoxy groups -OCH3 is 1. The molecule has 0 spiro atoms. The zero-order valence-corrected chi connectivity index (χ0v) is 17.0. The van der Waals surface area contributed by atoms with E-state index in [4.69, 9.17) is 19.2 Å². The SMILES string of the molecule is COC(=O)C1=CC=CC2OC(c3ccc4ccccc4c3OCc3ccccc3)=NC12. The summed E-state index contributed by atoms with van der Waals surface area (Å²) in [7, 11) is 1.37. The second-order valence-corrected chi connectivity index (χ2v) is 7.40. The number of nitrogens with zero attached hydrogens (tertiary/aromatic N) is 1. The van der Waals surface area contributed by atoms with E-state index >= 15 is 0 Å². The molecule has 3 aromatic rings. The molecular weight excluding hydrogens is 390 g/mol. The lowest BCUT2D eigenvalue weighted by atomic mass is 9.97. The third kappa shape index (κ3) is 3.59. The number of ether oxygens (including phenoxy) is 3. The quantitative estimate of drug-likeness (QED) is 0.576. The molecule has 0 amide bonds. The lowest BCUT2D eigenvalue weighted by molar-refractivity contribution is -0.136. The van der Waals surface area contributed by atoms with Crippen molar-refractivity contribution in [2.45, 2.75) is 18.8 Å². The Morgan fingerprint density at radius 3 is 2.68 bits per heavy atom. The minimum atomic E-state index is -0.430. The van der Waals surface area contributed by atoms with Crippen molar-refractivity contribution in [3.63, 3.8) is 0 Å². The summed E-state index contributed by atoms with van der Waals surface area (Å²) in [5.74, 6) is 0.782. The maximum atomic E-state index is 12.2. The Morgan fingerprint density at radius 1 is 1.03 bits per heavy atom. The fourth-order valence-electron chi connectivity index (χ4n) is 3.92. The van der Waals surface area contributed by atoms with E-state index in [1.54, 1.807) is 12.2 Å². The van der Waals surface area contributed by atoms with Gasteiger partial charge in [-0.25, -0.2) is 9.79 Å². The van der Waals surface area contributed by atoms with Crippen LogP contribution in [0.3, 0.4) is 0 Å². The molecule has 3 aromatic carbocycles. The van der Waals surface area contributed by atoms with E-state index in [1.165, 1.54) is 7.11 Å². The lowest BCUT2D eigenvalue weighted by Crippen LogP contribution is -2.28. The van der Waals surface area contributed by atoms with Crippen LogP contribution in [0.25, 0.3) is 10.8 Å². The molecule has 5 heteroatoms. The monoisotopic (exact) mass is 411 g/mol. The first-order chi connectivity index (χ1) is 15.2. The highest BCUT2D eigenvalue weighted by atomic mass is 16.5. The Balaban J connectivity index is 1.55. The van der Waals surface area contributed by atoms with Gasteiger partial charge in [-0.2, -0.15) is 0 Å². The number of hydrogen-bond donors (Lipinski definition) is 0. The van der Waals surface area contributed by atoms with Crippen LogP contribution in [-0.4, -0.2) is 31.1 Å². The minimum absolute atomic E-state index is 0.345. The third-order valence-corrected chi connectivity index (χ3v) is 5.47. The van der Waals surface area contributed by atoms with Gasteiger partial charge in [0.2, 0.25) is 5.90 Å². The highest BCUT2D eigenvalue weighted by molar-refractivity contribution is 6.05. The van der Waals surface area contributed by atoms with Crippen LogP contribution in [0.1, 0.15) is 11.1 Å². The Morgan fingerprint density at radius 2 is 1.84 bits per heavy atom. The van der Waals surface area contributed by atoms with Gasteiger partial charge in [-0.3, -0.25) is 0 Å². The van der Waals surface area contributed by atoms with Crippen LogP contribution in [0.5, 0.6) is 5.75 Å². The molecule has 1 aliphatic carbocycles. The van der Waals surface area contributed by atoms with Crippen LogP contribution in [0, 0.1) is 0 Å². The van der Waals surface area contributed by atoms with Gasteiger partial charge in [-0.1, -0.05) is 66.7 Å². The topological polar surface area (TPSA) is 57.1 Å². The molecule has 0 bridgehead atoms. The molecular formula is C26H21NO4. The van der Waals surface area contributed by atoms with Crippen molar-refractivity contribution in [2.24, 2.45) is 4.99 Å². The fourth-order valence-corrected chi connectivity index (χ4v) is 3.92. The second-order valence-electron chi connectivity index (χ2n) is 7.40. The smallest absolute Gasteiger partial charge is 0.336 e. The van der Waals surface area contributed by atoms with Gasteiger partial charge >= 0.3 is 5.97 Å². The molecule has 0 fully saturated rings. The van der Waals surface area contributed by atoms with Gasteiger partial charge in [0.1, 0.15) is 24.5 Å². The van der Waals surface area contributed by atoms with Crippen molar-refractivity contribution in [1.29, 1.82) is 0 Å². The molecule has 1 heterocycles. The van der Waals surface area contributed by atoms with Crippen molar-refractivity contribution >= 4 is 22.6 Å². The molecule has 2 atom stereocenters. The molecule has 5 rings (SSSR count). The van der Waals surface area contributed by atoms with Gasteiger partial charge in [0, 0.05) is 5.39 Å². The first-order valence-corrected chi connectivity index (χ1v) is 10.1. The number of carbonyl (C=O) groups is 1. The zero-order chi connectivity index (χ0) is 21.2. The van der Waals surface area contributed by atoms with Crippen molar-refractivity contribution in [1.82, 2.24) is 0 Å². The number of esters is 1. The van der Waals surface area contributed by atoms with Gasteiger partial charge in [-0.15, -0.1) is 0 Å². The maximum absolute atomic E-state index is 12.2. The predicted octanol–water partition coefficient (Wildman–Crippen LogP) is 4.60. The molecule has 2 aliphatic rings. The normalized spacial score (nSPS) is 19.3. The number of carbonyl (C=O) groups excluding carboxylic acids is 1. The number of hydrogen-bond acceptors (Lipinski definition) is 5. The highest BCUT2D eigenvalue weighted by Gasteiger charge is 2.38. The number of rotatable bonds is 5. The number of fused-ring (bicyclic) bond motifs is 2. The highest BCUT2D eigenvalue weighted by Crippen LogP contribution is 2.35. The summed E-state index contributed by atoms with van der Waals surface area (Å²) in [5.41, 5.74) is 2.32. The summed E-state index contributed by atoms with van der Waals surface area (Å²) in [6.45, 7) is 0.426. The standard InChI is InChI=1S/C26H21NO4/c1-29-26(28)20-12-7-13-22-23(20)27-25(31-22)21-15-14-18-10-5-6-11-19(18)24(21)30-16-17-8-3-2-4-9-17/h2-15,22-23H,16H2,1H3. The number of benzene rings is 3. The first kappa shape index (κ1) is 19.1. The van der Waals surface area contributed by atoms with Crippen LogP contribution < -0.4 is 4.74 Å². The molecule has 2 unspecified atom stereocenters. The van der Waals surface area contributed by atoms with Crippen LogP contribution in [0.2, 0.25) is 0 Å². The summed E-state index contributed by atoms with van der Waals surface area (Å²) in [6.07, 6.45) is 5.09. The Kier molecular flexibility index (Phi) is 5.00. The first-order valence-electron chi connectivity index (χ1n) is 10.1. The van der Waals surface area contributed by atoms with Crippen molar-refractivity contribution in [3.05, 3.63) is 102 Å². The van der Waals surface area contributed by atoms with E-state index in [0.717, 1.165) is 21.9 Å². The molecule has 0 N–H and O–H groups in total. The van der Waals surface area contributed by atoms with E-state index in [-0.39, 0.29) is 6.10 Å². The third-order valence-electron chi connectivity index (χ3n) is 5.47. The van der Waals surface area contributed by atoms with Gasteiger partial charge in [-0.05, 0) is 29.2 Å².